The molecule has 3 aromatic rings. The van der Waals surface area contributed by atoms with Gasteiger partial charge in [0.15, 0.2) is 6.61 Å². The number of hydrogen-bond acceptors (Lipinski definition) is 3. The van der Waals surface area contributed by atoms with Gasteiger partial charge in [0.2, 0.25) is 0 Å². The number of carbonyl (C=O) groups excluding carboxylic acids is 1. The van der Waals surface area contributed by atoms with Crippen molar-refractivity contribution in [3.05, 3.63) is 53.1 Å². The summed E-state index contributed by atoms with van der Waals surface area (Å²) in [6, 6.07) is 13.4. The van der Waals surface area contributed by atoms with Crippen molar-refractivity contribution in [3.63, 3.8) is 0 Å². The molecule has 0 atom stereocenters. The third-order valence-electron chi connectivity index (χ3n) is 2.92. The predicted molar refractivity (Wildman–Crippen MR) is 84.4 cm³/mol. The van der Waals surface area contributed by atoms with Gasteiger partial charge in [0.05, 0.1) is 6.20 Å². The molecule has 0 saturated carbocycles. The zero-order chi connectivity index (χ0) is 14.7. The highest BCUT2D eigenvalue weighted by atomic mass is 79.9. The molecular formula is C15H12BrN3O2. The first-order chi connectivity index (χ1) is 10.2. The van der Waals surface area contributed by atoms with E-state index < -0.39 is 0 Å². The van der Waals surface area contributed by atoms with E-state index in [4.69, 9.17) is 4.74 Å². The molecule has 0 saturated heterocycles. The summed E-state index contributed by atoms with van der Waals surface area (Å²) in [5.74, 6) is 0.965. The lowest BCUT2D eigenvalue weighted by molar-refractivity contribution is -0.118. The highest BCUT2D eigenvalue weighted by molar-refractivity contribution is 9.10. The van der Waals surface area contributed by atoms with Crippen molar-refractivity contribution >= 4 is 38.4 Å². The van der Waals surface area contributed by atoms with Crippen LogP contribution in [0.3, 0.4) is 0 Å². The summed E-state index contributed by atoms with van der Waals surface area (Å²) in [6.45, 7) is -0.0545. The average molecular weight is 346 g/mol. The third-order valence-corrected chi connectivity index (χ3v) is 3.41. The summed E-state index contributed by atoms with van der Waals surface area (Å²) in [5, 5.41) is 11.2. The number of halogens is 1. The van der Waals surface area contributed by atoms with E-state index in [1.165, 1.54) is 0 Å². The van der Waals surface area contributed by atoms with E-state index >= 15 is 0 Å². The monoisotopic (exact) mass is 345 g/mol. The van der Waals surface area contributed by atoms with Gasteiger partial charge in [-0.15, -0.1) is 0 Å². The van der Waals surface area contributed by atoms with Crippen molar-refractivity contribution in [2.75, 3.05) is 11.9 Å². The Morgan fingerprint density at radius 3 is 2.81 bits per heavy atom. The Morgan fingerprint density at radius 1 is 1.19 bits per heavy atom. The molecule has 21 heavy (non-hydrogen) atoms. The Kier molecular flexibility index (Phi) is 3.87. The number of amides is 1. The Balaban J connectivity index is 1.65. The van der Waals surface area contributed by atoms with Crippen molar-refractivity contribution in [2.45, 2.75) is 0 Å². The van der Waals surface area contributed by atoms with Crippen LogP contribution in [0.2, 0.25) is 0 Å². The number of ether oxygens (including phenoxy) is 1. The van der Waals surface area contributed by atoms with Gasteiger partial charge in [0, 0.05) is 10.5 Å². The fourth-order valence-electron chi connectivity index (χ4n) is 1.95. The van der Waals surface area contributed by atoms with E-state index in [1.54, 1.807) is 12.3 Å². The van der Waals surface area contributed by atoms with Crippen LogP contribution in [0.5, 0.6) is 5.75 Å². The van der Waals surface area contributed by atoms with Crippen LogP contribution in [0.15, 0.2) is 53.1 Å². The smallest absolute Gasteiger partial charge is 0.263 e. The number of aromatic amines is 1. The number of nitrogens with one attached hydrogen (secondary N) is 2. The molecule has 0 aliphatic rings. The number of benzene rings is 2. The Bertz CT molecular complexity index is 772. The van der Waals surface area contributed by atoms with E-state index in [2.05, 4.69) is 31.4 Å². The summed E-state index contributed by atoms with van der Waals surface area (Å²) in [6.07, 6.45) is 1.57. The summed E-state index contributed by atoms with van der Waals surface area (Å²) >= 11 is 3.44. The first kappa shape index (κ1) is 13.6. The Labute approximate surface area is 129 Å². The molecule has 2 N–H and O–H groups in total. The molecule has 0 aliphatic carbocycles. The molecule has 0 radical (unpaired) electrons. The number of nitrogens with zero attached hydrogens (tertiary/aromatic N) is 1. The quantitative estimate of drug-likeness (QED) is 0.761. The summed E-state index contributed by atoms with van der Waals surface area (Å²) in [5.41, 5.74) is 0. The van der Waals surface area contributed by atoms with E-state index in [1.807, 2.05) is 36.4 Å². The molecule has 0 fully saturated rings. The van der Waals surface area contributed by atoms with Gasteiger partial charge < -0.3 is 10.1 Å². The second-order valence-electron chi connectivity index (χ2n) is 4.46. The van der Waals surface area contributed by atoms with Gasteiger partial charge in [-0.25, -0.2) is 0 Å². The van der Waals surface area contributed by atoms with Gasteiger partial charge in [-0.05, 0) is 35.0 Å². The second kappa shape index (κ2) is 5.97. The van der Waals surface area contributed by atoms with Crippen LogP contribution in [0.1, 0.15) is 0 Å². The van der Waals surface area contributed by atoms with Crippen molar-refractivity contribution in [2.24, 2.45) is 0 Å². The highest BCUT2D eigenvalue weighted by Crippen LogP contribution is 2.24. The molecule has 3 rings (SSSR count). The van der Waals surface area contributed by atoms with Gasteiger partial charge >= 0.3 is 0 Å². The van der Waals surface area contributed by atoms with Crippen LogP contribution in [0, 0.1) is 0 Å². The zero-order valence-electron chi connectivity index (χ0n) is 11.0. The van der Waals surface area contributed by atoms with Gasteiger partial charge in [-0.1, -0.05) is 28.1 Å². The van der Waals surface area contributed by atoms with Crippen molar-refractivity contribution in [1.82, 2.24) is 10.2 Å². The fraction of sp³-hybridized carbons (Fsp3) is 0.0667. The lowest BCUT2D eigenvalue weighted by Gasteiger charge is -2.07. The second-order valence-corrected chi connectivity index (χ2v) is 5.38. The van der Waals surface area contributed by atoms with Crippen LogP contribution in [0.25, 0.3) is 10.8 Å². The van der Waals surface area contributed by atoms with Crippen molar-refractivity contribution < 1.29 is 9.53 Å². The number of H-pyrrole nitrogens is 1. The molecule has 0 aliphatic heterocycles. The molecule has 6 heteroatoms. The van der Waals surface area contributed by atoms with Crippen molar-refractivity contribution in [1.29, 1.82) is 0 Å². The van der Waals surface area contributed by atoms with E-state index in [0.29, 0.717) is 11.6 Å². The molecule has 1 aromatic heterocycles. The summed E-state index contributed by atoms with van der Waals surface area (Å²) < 4.78 is 6.53. The maximum Gasteiger partial charge on any atom is 0.263 e. The van der Waals surface area contributed by atoms with Crippen LogP contribution >= 0.6 is 15.9 Å². The number of hydrogen-bond donors (Lipinski definition) is 2. The molecular weight excluding hydrogens is 334 g/mol. The van der Waals surface area contributed by atoms with E-state index in [-0.39, 0.29) is 12.5 Å². The lowest BCUT2D eigenvalue weighted by atomic mass is 10.1. The molecule has 5 nitrogen and oxygen atoms in total. The topological polar surface area (TPSA) is 67.0 Å². The third kappa shape index (κ3) is 3.41. The first-order valence-corrected chi connectivity index (χ1v) is 7.11. The van der Waals surface area contributed by atoms with Crippen molar-refractivity contribution in [3.8, 4) is 5.75 Å². The number of rotatable bonds is 4. The number of carbonyl (C=O) groups is 1. The minimum absolute atomic E-state index is 0.0545. The van der Waals surface area contributed by atoms with Gasteiger partial charge in [0.1, 0.15) is 11.6 Å². The van der Waals surface area contributed by atoms with Gasteiger partial charge in [-0.2, -0.15) is 5.10 Å². The molecule has 1 heterocycles. The molecule has 0 unspecified atom stereocenters. The van der Waals surface area contributed by atoms with Crippen LogP contribution in [0.4, 0.5) is 5.82 Å². The van der Waals surface area contributed by atoms with Gasteiger partial charge in [-0.3, -0.25) is 9.89 Å². The zero-order valence-corrected chi connectivity index (χ0v) is 12.6. The predicted octanol–water partition coefficient (Wildman–Crippen LogP) is 3.34. The largest absolute Gasteiger partial charge is 0.484 e. The molecule has 0 bridgehead atoms. The van der Waals surface area contributed by atoms with E-state index in [9.17, 15) is 4.79 Å². The molecule has 1 amide bonds. The number of fused-ring (bicyclic) bond motifs is 1. The number of aromatic nitrogens is 2. The number of anilines is 1. The first-order valence-electron chi connectivity index (χ1n) is 6.32. The SMILES string of the molecule is O=C(COc1ccc2cc(Br)ccc2c1)Nc1ccn[nH]1. The summed E-state index contributed by atoms with van der Waals surface area (Å²) in [7, 11) is 0. The van der Waals surface area contributed by atoms with E-state index in [0.717, 1.165) is 15.2 Å². The standard InChI is InChI=1S/C15H12BrN3O2/c16-12-3-1-11-8-13(4-2-10(11)7-12)21-9-15(20)18-14-5-6-17-19-14/h1-8H,9H2,(H2,17,18,19,20). The molecule has 0 spiro atoms. The fourth-order valence-corrected chi connectivity index (χ4v) is 2.32. The van der Waals surface area contributed by atoms with Crippen LogP contribution in [-0.2, 0) is 4.79 Å². The molecule has 106 valence electrons. The summed E-state index contributed by atoms with van der Waals surface area (Å²) in [4.78, 5) is 11.7. The highest BCUT2D eigenvalue weighted by Gasteiger charge is 2.05. The minimum atomic E-state index is -0.241. The molecule has 2 aromatic carbocycles. The maximum atomic E-state index is 11.7. The normalized spacial score (nSPS) is 10.5. The Morgan fingerprint density at radius 2 is 2.00 bits per heavy atom. The van der Waals surface area contributed by atoms with Crippen LogP contribution < -0.4 is 10.1 Å². The Hall–Kier alpha value is -2.34. The average Bonchev–Trinajstić information content (AvgIpc) is 2.98. The maximum absolute atomic E-state index is 11.7. The minimum Gasteiger partial charge on any atom is -0.484 e. The van der Waals surface area contributed by atoms with Gasteiger partial charge in [0.25, 0.3) is 5.91 Å². The van der Waals surface area contributed by atoms with Crippen LogP contribution in [-0.4, -0.2) is 22.7 Å². The lowest BCUT2D eigenvalue weighted by Crippen LogP contribution is -2.20.